The summed E-state index contributed by atoms with van der Waals surface area (Å²) in [5.41, 5.74) is 2.40. The molecule has 0 aliphatic heterocycles. The smallest absolute Gasteiger partial charge is 0.221 e. The van der Waals surface area contributed by atoms with Gasteiger partial charge in [0.1, 0.15) is 17.9 Å². The Balaban J connectivity index is 1.55. The second-order valence-electron chi connectivity index (χ2n) is 5.86. The SMILES string of the molecule is S=c1nc2ccccc2c2nc(COc3cccc4cccnc34)[nH]n12. The molecular weight excluding hydrogens is 346 g/mol. The molecule has 0 bridgehead atoms. The molecule has 0 aliphatic carbocycles. The number of aromatic amines is 1. The first-order chi connectivity index (χ1) is 12.8. The molecule has 0 saturated heterocycles. The summed E-state index contributed by atoms with van der Waals surface area (Å²) in [6.45, 7) is 0.278. The van der Waals surface area contributed by atoms with Gasteiger partial charge in [-0.25, -0.2) is 14.5 Å². The number of nitrogens with one attached hydrogen (secondary N) is 1. The number of pyridine rings is 1. The number of hydrogen-bond acceptors (Lipinski definition) is 5. The van der Waals surface area contributed by atoms with Gasteiger partial charge in [-0.2, -0.15) is 0 Å². The Morgan fingerprint density at radius 2 is 1.88 bits per heavy atom. The van der Waals surface area contributed by atoms with Crippen LogP contribution in [0, 0.1) is 4.77 Å². The third kappa shape index (κ3) is 2.41. The highest BCUT2D eigenvalue weighted by Crippen LogP contribution is 2.24. The zero-order valence-electron chi connectivity index (χ0n) is 13.6. The fraction of sp³-hybridized carbons (Fsp3) is 0.0526. The number of rotatable bonds is 3. The van der Waals surface area contributed by atoms with E-state index in [0.29, 0.717) is 10.6 Å². The normalized spacial score (nSPS) is 11.4. The maximum atomic E-state index is 5.96. The molecule has 0 saturated carbocycles. The molecule has 5 rings (SSSR count). The highest BCUT2D eigenvalue weighted by molar-refractivity contribution is 7.71. The number of ether oxygens (including phenoxy) is 1. The Bertz CT molecular complexity index is 1320. The molecule has 0 spiro atoms. The first-order valence-corrected chi connectivity index (χ1v) is 8.53. The van der Waals surface area contributed by atoms with Crippen molar-refractivity contribution < 1.29 is 4.74 Å². The molecule has 0 amide bonds. The van der Waals surface area contributed by atoms with Gasteiger partial charge in [0.25, 0.3) is 0 Å². The standard InChI is InChI=1S/C19H13N5OS/c26-19-21-14-8-2-1-7-13(14)18-22-16(23-24(18)19)11-25-15-9-3-5-12-6-4-10-20-17(12)15/h1-10H,11H2,(H,22,23). The summed E-state index contributed by atoms with van der Waals surface area (Å²) in [5.74, 6) is 1.39. The van der Waals surface area contributed by atoms with E-state index in [0.717, 1.165) is 33.2 Å². The van der Waals surface area contributed by atoms with Crippen LogP contribution in [0.2, 0.25) is 0 Å². The lowest BCUT2D eigenvalue weighted by molar-refractivity contribution is 0.299. The Morgan fingerprint density at radius 3 is 2.85 bits per heavy atom. The fourth-order valence-electron chi connectivity index (χ4n) is 3.02. The quantitative estimate of drug-likeness (QED) is 0.492. The predicted molar refractivity (Wildman–Crippen MR) is 102 cm³/mol. The van der Waals surface area contributed by atoms with Gasteiger partial charge in [-0.15, -0.1) is 0 Å². The van der Waals surface area contributed by atoms with E-state index in [1.807, 2.05) is 54.6 Å². The zero-order valence-corrected chi connectivity index (χ0v) is 14.4. The predicted octanol–water partition coefficient (Wildman–Crippen LogP) is 4.07. The second-order valence-corrected chi connectivity index (χ2v) is 6.23. The van der Waals surface area contributed by atoms with Crippen molar-refractivity contribution in [3.05, 3.63) is 71.4 Å². The van der Waals surface area contributed by atoms with Crippen LogP contribution in [0.4, 0.5) is 0 Å². The Kier molecular flexibility index (Phi) is 3.39. The number of fused-ring (bicyclic) bond motifs is 4. The summed E-state index contributed by atoms with van der Waals surface area (Å²) in [4.78, 5) is 13.5. The van der Waals surface area contributed by atoms with Crippen molar-refractivity contribution in [1.82, 2.24) is 24.6 Å². The van der Waals surface area contributed by atoms with E-state index >= 15 is 0 Å². The minimum atomic E-state index is 0.278. The van der Waals surface area contributed by atoms with E-state index in [2.05, 4.69) is 20.1 Å². The molecule has 1 N–H and O–H groups in total. The molecule has 26 heavy (non-hydrogen) atoms. The molecule has 7 heteroatoms. The van der Waals surface area contributed by atoms with E-state index in [1.165, 1.54) is 0 Å². The van der Waals surface area contributed by atoms with Crippen molar-refractivity contribution in [1.29, 1.82) is 0 Å². The van der Waals surface area contributed by atoms with Crippen LogP contribution in [0.5, 0.6) is 5.75 Å². The number of hydrogen-bond donors (Lipinski definition) is 1. The maximum absolute atomic E-state index is 5.96. The highest BCUT2D eigenvalue weighted by Gasteiger charge is 2.10. The number of aromatic nitrogens is 5. The van der Waals surface area contributed by atoms with Crippen LogP contribution in [-0.4, -0.2) is 24.6 Å². The topological polar surface area (TPSA) is 68.1 Å². The zero-order chi connectivity index (χ0) is 17.5. The summed E-state index contributed by atoms with van der Waals surface area (Å²) < 4.78 is 8.10. The number of H-pyrrole nitrogens is 1. The summed E-state index contributed by atoms with van der Waals surface area (Å²) in [5, 5.41) is 5.14. The summed E-state index contributed by atoms with van der Waals surface area (Å²) >= 11 is 5.37. The van der Waals surface area contributed by atoms with Gasteiger partial charge in [-0.3, -0.25) is 10.1 Å². The summed E-state index contributed by atoms with van der Waals surface area (Å²) in [6, 6.07) is 17.6. The van der Waals surface area contributed by atoms with Crippen molar-refractivity contribution in [2.24, 2.45) is 0 Å². The van der Waals surface area contributed by atoms with Crippen molar-refractivity contribution in [3.8, 4) is 5.75 Å². The largest absolute Gasteiger partial charge is 0.483 e. The summed E-state index contributed by atoms with van der Waals surface area (Å²) in [7, 11) is 0. The molecule has 0 fully saturated rings. The van der Waals surface area contributed by atoms with Crippen molar-refractivity contribution in [2.75, 3.05) is 0 Å². The van der Waals surface area contributed by atoms with E-state index in [-0.39, 0.29) is 6.61 Å². The third-order valence-corrected chi connectivity index (χ3v) is 4.48. The van der Waals surface area contributed by atoms with Gasteiger partial charge in [0.15, 0.2) is 11.5 Å². The van der Waals surface area contributed by atoms with Crippen LogP contribution >= 0.6 is 12.2 Å². The number of para-hydroxylation sites is 2. The summed E-state index contributed by atoms with van der Waals surface area (Å²) in [6.07, 6.45) is 1.76. The molecule has 0 unspecified atom stereocenters. The van der Waals surface area contributed by atoms with Crippen molar-refractivity contribution in [2.45, 2.75) is 6.61 Å². The number of nitrogens with zero attached hydrogens (tertiary/aromatic N) is 4. The van der Waals surface area contributed by atoms with Crippen molar-refractivity contribution >= 4 is 39.7 Å². The van der Waals surface area contributed by atoms with Gasteiger partial charge in [0.05, 0.1) is 5.52 Å². The molecule has 3 aromatic heterocycles. The minimum absolute atomic E-state index is 0.278. The van der Waals surface area contributed by atoms with Gasteiger partial charge in [0.2, 0.25) is 4.77 Å². The lowest BCUT2D eigenvalue weighted by Gasteiger charge is -2.06. The van der Waals surface area contributed by atoms with Crippen LogP contribution < -0.4 is 4.74 Å². The highest BCUT2D eigenvalue weighted by atomic mass is 32.1. The average molecular weight is 359 g/mol. The van der Waals surface area contributed by atoms with Crippen LogP contribution in [0.3, 0.4) is 0 Å². The van der Waals surface area contributed by atoms with Gasteiger partial charge in [-0.05, 0) is 36.5 Å². The van der Waals surface area contributed by atoms with Gasteiger partial charge in [-0.1, -0.05) is 30.3 Å². The molecule has 0 aliphatic rings. The molecule has 0 atom stereocenters. The lowest BCUT2D eigenvalue weighted by atomic mass is 10.2. The van der Waals surface area contributed by atoms with E-state index in [9.17, 15) is 0 Å². The molecule has 5 aromatic rings. The maximum Gasteiger partial charge on any atom is 0.221 e. The monoisotopic (exact) mass is 359 g/mol. The van der Waals surface area contributed by atoms with Crippen LogP contribution in [-0.2, 0) is 6.61 Å². The van der Waals surface area contributed by atoms with Gasteiger partial charge >= 0.3 is 0 Å². The molecule has 0 radical (unpaired) electrons. The van der Waals surface area contributed by atoms with E-state index in [4.69, 9.17) is 17.0 Å². The molecule has 2 aromatic carbocycles. The molecule has 3 heterocycles. The molecular formula is C19H13N5OS. The second kappa shape index (κ2) is 5.89. The Hall–Kier alpha value is -3.32. The molecule has 6 nitrogen and oxygen atoms in total. The van der Waals surface area contributed by atoms with Crippen LogP contribution in [0.1, 0.15) is 5.82 Å². The first kappa shape index (κ1) is 15.0. The number of benzene rings is 2. The third-order valence-electron chi connectivity index (χ3n) is 4.21. The first-order valence-electron chi connectivity index (χ1n) is 8.12. The van der Waals surface area contributed by atoms with E-state index < -0.39 is 0 Å². The Morgan fingerprint density at radius 1 is 1.00 bits per heavy atom. The van der Waals surface area contributed by atoms with Crippen LogP contribution in [0.15, 0.2) is 60.8 Å². The van der Waals surface area contributed by atoms with E-state index in [1.54, 1.807) is 10.7 Å². The fourth-order valence-corrected chi connectivity index (χ4v) is 3.25. The van der Waals surface area contributed by atoms with Gasteiger partial charge < -0.3 is 4.74 Å². The molecule has 126 valence electrons. The van der Waals surface area contributed by atoms with Gasteiger partial charge in [0, 0.05) is 17.0 Å². The average Bonchev–Trinajstić information content (AvgIpc) is 3.12. The lowest BCUT2D eigenvalue weighted by Crippen LogP contribution is -1.99. The minimum Gasteiger partial charge on any atom is -0.483 e. The van der Waals surface area contributed by atoms with Crippen LogP contribution in [0.25, 0.3) is 27.5 Å². The van der Waals surface area contributed by atoms with Crippen molar-refractivity contribution in [3.63, 3.8) is 0 Å². The Labute approximate surface area is 153 Å².